The molecule has 2 aromatic heterocycles. The minimum absolute atomic E-state index is 0.0655. The van der Waals surface area contributed by atoms with E-state index in [1.54, 1.807) is 13.1 Å². The molecule has 0 fully saturated rings. The van der Waals surface area contributed by atoms with Crippen molar-refractivity contribution in [3.05, 3.63) is 101 Å². The second-order valence-electron chi connectivity index (χ2n) is 12.6. The highest BCUT2D eigenvalue weighted by Crippen LogP contribution is 2.42. The van der Waals surface area contributed by atoms with Crippen molar-refractivity contribution in [1.82, 2.24) is 19.7 Å². The third-order valence-electron chi connectivity index (χ3n) is 8.52. The molecule has 0 amide bonds. The van der Waals surface area contributed by atoms with Crippen molar-refractivity contribution in [3.8, 4) is 11.4 Å². The molecule has 0 unspecified atom stereocenters. The van der Waals surface area contributed by atoms with E-state index >= 15 is 13.2 Å². The van der Waals surface area contributed by atoms with Crippen molar-refractivity contribution >= 4 is 38.6 Å². The molecule has 11 heteroatoms. The maximum atomic E-state index is 15.7. The fourth-order valence-corrected chi connectivity index (χ4v) is 8.84. The van der Waals surface area contributed by atoms with Gasteiger partial charge < -0.3 is 4.98 Å². The number of aryl methyl sites for hydroxylation is 1. The van der Waals surface area contributed by atoms with Crippen LogP contribution in [0.3, 0.4) is 0 Å². The van der Waals surface area contributed by atoms with Gasteiger partial charge in [0.25, 0.3) is 0 Å². The summed E-state index contributed by atoms with van der Waals surface area (Å²) in [5.74, 6) is -2.08. The standard InChI is InChI=1S/C34H33F3N4O2S2/c1-33(2)15-8-16-34(3,21-9-6-5-7-10-21)32-39-31(41(4)40-32)25-19-22(11-12-26(25)35)44-30-24(14-18-45(42,43)20-33)23-13-17-38-29(23)27(36)28(30)37/h5-7,9-14,17-19,38H,8,15-16,20H2,1-4H3/b18-14-/t34-/m1/s1. The van der Waals surface area contributed by atoms with Crippen molar-refractivity contribution in [3.63, 3.8) is 0 Å². The molecule has 0 radical (unpaired) electrons. The molecule has 1 aliphatic heterocycles. The minimum atomic E-state index is -3.76. The van der Waals surface area contributed by atoms with Gasteiger partial charge in [-0.2, -0.15) is 5.10 Å². The lowest BCUT2D eigenvalue weighted by Crippen LogP contribution is -2.28. The van der Waals surface area contributed by atoms with E-state index in [2.05, 4.69) is 4.98 Å². The van der Waals surface area contributed by atoms with Crippen LogP contribution < -0.4 is 0 Å². The van der Waals surface area contributed by atoms with Crippen molar-refractivity contribution < 1.29 is 21.6 Å². The van der Waals surface area contributed by atoms with Gasteiger partial charge in [-0.25, -0.2) is 31.3 Å². The largest absolute Gasteiger partial charge is 0.359 e. The molecule has 234 valence electrons. The normalized spacial score (nSPS) is 20.7. The van der Waals surface area contributed by atoms with Crippen molar-refractivity contribution in [1.29, 1.82) is 0 Å². The number of benzene rings is 3. The van der Waals surface area contributed by atoms with Crippen molar-refractivity contribution in [2.24, 2.45) is 12.5 Å². The van der Waals surface area contributed by atoms with Crippen molar-refractivity contribution in [2.75, 3.05) is 5.75 Å². The van der Waals surface area contributed by atoms with Gasteiger partial charge in [0.05, 0.1) is 27.1 Å². The number of sulfone groups is 1. The van der Waals surface area contributed by atoms with Crippen LogP contribution in [0.2, 0.25) is 0 Å². The summed E-state index contributed by atoms with van der Waals surface area (Å²) < 4.78 is 74.7. The van der Waals surface area contributed by atoms with Gasteiger partial charge in [-0.3, -0.25) is 0 Å². The van der Waals surface area contributed by atoms with E-state index in [9.17, 15) is 8.42 Å². The van der Waals surface area contributed by atoms with Gasteiger partial charge in [0, 0.05) is 34.5 Å². The maximum absolute atomic E-state index is 15.7. The van der Waals surface area contributed by atoms with Gasteiger partial charge in [-0.15, -0.1) is 0 Å². The Morgan fingerprint density at radius 2 is 1.73 bits per heavy atom. The van der Waals surface area contributed by atoms with Crippen LogP contribution in [0.25, 0.3) is 28.4 Å². The molecule has 5 aromatic rings. The molecule has 0 saturated carbocycles. The van der Waals surface area contributed by atoms with E-state index in [0.717, 1.165) is 22.7 Å². The molecule has 6 rings (SSSR count). The molecule has 45 heavy (non-hydrogen) atoms. The molecule has 3 aromatic carbocycles. The Morgan fingerprint density at radius 3 is 2.49 bits per heavy atom. The van der Waals surface area contributed by atoms with Gasteiger partial charge in [-0.05, 0) is 61.1 Å². The van der Waals surface area contributed by atoms with Crippen LogP contribution >= 0.6 is 11.8 Å². The molecule has 6 nitrogen and oxygen atoms in total. The van der Waals surface area contributed by atoms with Gasteiger partial charge in [-0.1, -0.05) is 62.4 Å². The van der Waals surface area contributed by atoms with Crippen LogP contribution in [0.15, 0.2) is 76.0 Å². The van der Waals surface area contributed by atoms with Gasteiger partial charge in [0.15, 0.2) is 33.1 Å². The molecule has 0 saturated heterocycles. The Hall–Kier alpha value is -3.83. The third-order valence-corrected chi connectivity index (χ3v) is 11.4. The van der Waals surface area contributed by atoms with E-state index in [0.29, 0.717) is 41.2 Å². The lowest BCUT2D eigenvalue weighted by molar-refractivity contribution is 0.338. The van der Waals surface area contributed by atoms with Crippen LogP contribution in [0.4, 0.5) is 13.2 Å². The highest BCUT2D eigenvalue weighted by molar-refractivity contribution is 7.99. The lowest BCUT2D eigenvalue weighted by atomic mass is 9.75. The fourth-order valence-electron chi connectivity index (χ4n) is 6.15. The summed E-state index contributed by atoms with van der Waals surface area (Å²) in [4.78, 5) is 7.87. The predicted octanol–water partition coefficient (Wildman–Crippen LogP) is 8.43. The second-order valence-corrected chi connectivity index (χ2v) is 15.6. The number of fused-ring (bicyclic) bond motifs is 8. The summed E-state index contributed by atoms with van der Waals surface area (Å²) in [7, 11) is -2.06. The van der Waals surface area contributed by atoms with Gasteiger partial charge in [0.2, 0.25) is 0 Å². The molecule has 4 bridgehead atoms. The highest BCUT2D eigenvalue weighted by atomic mass is 32.2. The molecule has 1 atom stereocenters. The topological polar surface area (TPSA) is 80.6 Å². The van der Waals surface area contributed by atoms with E-state index in [-0.39, 0.29) is 27.3 Å². The summed E-state index contributed by atoms with van der Waals surface area (Å²) in [5.41, 5.74) is 0.0429. The zero-order chi connectivity index (χ0) is 32.1. The summed E-state index contributed by atoms with van der Waals surface area (Å²) >= 11 is 0.886. The molecular formula is C34H33F3N4O2S2. The van der Waals surface area contributed by atoms with E-state index in [4.69, 9.17) is 10.1 Å². The van der Waals surface area contributed by atoms with Gasteiger partial charge >= 0.3 is 0 Å². The Balaban J connectivity index is 1.57. The zero-order valence-electron chi connectivity index (χ0n) is 25.4. The average molecular weight is 651 g/mol. The maximum Gasteiger partial charge on any atom is 0.184 e. The molecule has 0 aliphatic carbocycles. The van der Waals surface area contributed by atoms with E-state index < -0.39 is 38.1 Å². The van der Waals surface area contributed by atoms with Gasteiger partial charge in [0.1, 0.15) is 5.82 Å². The molecule has 3 heterocycles. The zero-order valence-corrected chi connectivity index (χ0v) is 27.0. The first-order chi connectivity index (χ1) is 21.3. The lowest BCUT2D eigenvalue weighted by Gasteiger charge is -2.30. The Bertz CT molecular complexity index is 2050. The molecule has 1 N–H and O–H groups in total. The first-order valence-corrected chi connectivity index (χ1v) is 17.1. The van der Waals surface area contributed by atoms with Crippen LogP contribution in [0.1, 0.15) is 57.0 Å². The summed E-state index contributed by atoms with van der Waals surface area (Å²) in [6.07, 6.45) is 4.69. The number of rotatable bonds is 1. The highest BCUT2D eigenvalue weighted by Gasteiger charge is 2.35. The number of hydrogen-bond acceptors (Lipinski definition) is 5. The Kier molecular flexibility index (Phi) is 7.97. The van der Waals surface area contributed by atoms with Crippen LogP contribution in [0.5, 0.6) is 0 Å². The smallest absolute Gasteiger partial charge is 0.184 e. The fraction of sp³-hybridized carbons (Fsp3) is 0.294. The van der Waals surface area contributed by atoms with Crippen LogP contribution in [-0.4, -0.2) is 33.9 Å². The van der Waals surface area contributed by atoms with Crippen LogP contribution in [0, 0.1) is 22.9 Å². The number of aromatic nitrogens is 4. The number of nitrogens with zero attached hydrogens (tertiary/aromatic N) is 3. The SMILES string of the molecule is Cn1nc2nc1-c1cc(ccc1F)Sc1c(F)c(F)c3[nH]ccc3c1/C=C\S(=O)(=O)CC(C)(C)CCC[C@]2(C)c1ccccc1. The number of nitrogens with one attached hydrogen (secondary N) is 1. The Morgan fingerprint density at radius 1 is 0.978 bits per heavy atom. The monoisotopic (exact) mass is 650 g/mol. The first-order valence-electron chi connectivity index (χ1n) is 14.6. The second kappa shape index (κ2) is 11.5. The number of halogens is 3. The minimum Gasteiger partial charge on any atom is -0.359 e. The number of aromatic amines is 1. The van der Waals surface area contributed by atoms with Crippen molar-refractivity contribution in [2.45, 2.75) is 55.2 Å². The molecule has 1 aliphatic rings. The number of hydrogen-bond donors (Lipinski definition) is 1. The summed E-state index contributed by atoms with van der Waals surface area (Å²) in [6.45, 7) is 5.86. The molecular weight excluding hydrogens is 618 g/mol. The van der Waals surface area contributed by atoms with E-state index in [1.165, 1.54) is 35.2 Å². The third kappa shape index (κ3) is 5.95. The average Bonchev–Trinajstić information content (AvgIpc) is 3.63. The number of H-pyrrole nitrogens is 1. The first kappa shape index (κ1) is 31.2. The summed E-state index contributed by atoms with van der Waals surface area (Å²) in [6, 6.07) is 15.7. The van der Waals surface area contributed by atoms with E-state index in [1.807, 2.05) is 51.1 Å². The predicted molar refractivity (Wildman–Crippen MR) is 172 cm³/mol. The molecule has 0 spiro atoms. The quantitative estimate of drug-likeness (QED) is 0.197. The van der Waals surface area contributed by atoms with Crippen LogP contribution in [-0.2, 0) is 22.3 Å². The summed E-state index contributed by atoms with van der Waals surface area (Å²) in [5, 5.41) is 6.17. The Labute approximate surface area is 264 Å².